The lowest BCUT2D eigenvalue weighted by Gasteiger charge is -2.14. The molecule has 3 nitrogen and oxygen atoms in total. The summed E-state index contributed by atoms with van der Waals surface area (Å²) in [6, 6.07) is 0. The monoisotopic (exact) mass is 180 g/mol. The van der Waals surface area contributed by atoms with Crippen LogP contribution in [0.15, 0.2) is 0 Å². The predicted octanol–water partition coefficient (Wildman–Crippen LogP) is 2.66. The highest BCUT2D eigenvalue weighted by molar-refractivity contribution is 7.53. The third-order valence-electron chi connectivity index (χ3n) is 1.21. The van der Waals surface area contributed by atoms with Gasteiger partial charge in [0.05, 0.1) is 13.2 Å². The summed E-state index contributed by atoms with van der Waals surface area (Å²) < 4.78 is 21.6. The van der Waals surface area contributed by atoms with Crippen LogP contribution in [-0.2, 0) is 13.6 Å². The summed E-state index contributed by atoms with van der Waals surface area (Å²) in [5.41, 5.74) is 0. The van der Waals surface area contributed by atoms with Crippen molar-refractivity contribution in [3.8, 4) is 0 Å². The minimum absolute atomic E-state index is 0.453. The Morgan fingerprint density at radius 1 is 1.18 bits per heavy atom. The maximum Gasteiger partial charge on any atom is 0.330 e. The molecule has 0 N–H and O–H groups in total. The Bertz CT molecular complexity index is 136. The van der Waals surface area contributed by atoms with Gasteiger partial charge in [0.2, 0.25) is 0 Å². The smallest absolute Gasteiger partial charge is 0.309 e. The fourth-order valence-electron chi connectivity index (χ4n) is 0.647. The molecule has 1 unspecified atom stereocenters. The molecular formula is C7H17O3P. The van der Waals surface area contributed by atoms with Gasteiger partial charge in [-0.05, 0) is 13.3 Å². The Labute approximate surface area is 68.6 Å². The molecule has 0 aromatic carbocycles. The van der Waals surface area contributed by atoms with Crippen LogP contribution < -0.4 is 0 Å². The molecule has 0 fully saturated rings. The zero-order valence-electron chi connectivity index (χ0n) is 7.50. The minimum Gasteiger partial charge on any atom is -0.309 e. The highest BCUT2D eigenvalue weighted by Crippen LogP contribution is 2.47. The molecule has 0 rings (SSSR count). The first-order chi connectivity index (χ1) is 5.18. The lowest BCUT2D eigenvalue weighted by Crippen LogP contribution is -1.98. The third kappa shape index (κ3) is 4.57. The topological polar surface area (TPSA) is 35.5 Å². The van der Waals surface area contributed by atoms with Gasteiger partial charge in [0, 0.05) is 6.16 Å². The summed E-state index contributed by atoms with van der Waals surface area (Å²) in [5, 5.41) is 0. The van der Waals surface area contributed by atoms with Gasteiger partial charge in [0.25, 0.3) is 0 Å². The lowest BCUT2D eigenvalue weighted by molar-refractivity contribution is 0.213. The molecular weight excluding hydrogens is 163 g/mol. The van der Waals surface area contributed by atoms with Gasteiger partial charge in [-0.3, -0.25) is 4.57 Å². The predicted molar refractivity (Wildman–Crippen MR) is 46.0 cm³/mol. The zero-order valence-corrected chi connectivity index (χ0v) is 8.39. The quantitative estimate of drug-likeness (QED) is 0.589. The fraction of sp³-hybridized carbons (Fsp3) is 1.00. The molecule has 0 aromatic rings. The molecule has 0 aliphatic carbocycles. The van der Waals surface area contributed by atoms with E-state index in [2.05, 4.69) is 0 Å². The molecule has 0 aromatic heterocycles. The molecule has 0 saturated carbocycles. The Hall–Kier alpha value is 0.150. The van der Waals surface area contributed by atoms with E-state index in [0.717, 1.165) is 6.42 Å². The second-order valence-electron chi connectivity index (χ2n) is 2.18. The van der Waals surface area contributed by atoms with Crippen molar-refractivity contribution in [3.63, 3.8) is 0 Å². The SMILES string of the molecule is CCCOP(=O)(CC)OCC. The molecule has 0 spiro atoms. The first kappa shape index (κ1) is 11.2. The maximum absolute atomic E-state index is 11.5. The Morgan fingerprint density at radius 2 is 1.82 bits per heavy atom. The van der Waals surface area contributed by atoms with Crippen LogP contribution in [0.1, 0.15) is 27.2 Å². The zero-order chi connectivity index (χ0) is 8.74. The molecule has 1 atom stereocenters. The number of hydrogen-bond acceptors (Lipinski definition) is 3. The molecule has 0 saturated heterocycles. The largest absolute Gasteiger partial charge is 0.330 e. The molecule has 11 heavy (non-hydrogen) atoms. The average molecular weight is 180 g/mol. The van der Waals surface area contributed by atoms with Crippen molar-refractivity contribution in [2.24, 2.45) is 0 Å². The Morgan fingerprint density at radius 3 is 2.18 bits per heavy atom. The standard InChI is InChI=1S/C7H17O3P/c1-4-7-10-11(8,6-3)9-5-2/h4-7H2,1-3H3. The van der Waals surface area contributed by atoms with E-state index in [1.807, 2.05) is 20.8 Å². The highest BCUT2D eigenvalue weighted by Gasteiger charge is 2.19. The molecule has 0 amide bonds. The number of rotatable bonds is 6. The van der Waals surface area contributed by atoms with Gasteiger partial charge in [0.15, 0.2) is 0 Å². The van der Waals surface area contributed by atoms with Crippen LogP contribution in [0.5, 0.6) is 0 Å². The van der Waals surface area contributed by atoms with Crippen LogP contribution in [-0.4, -0.2) is 19.4 Å². The van der Waals surface area contributed by atoms with E-state index >= 15 is 0 Å². The second kappa shape index (κ2) is 5.76. The first-order valence-electron chi connectivity index (χ1n) is 4.06. The summed E-state index contributed by atoms with van der Waals surface area (Å²) in [6.07, 6.45) is 1.33. The van der Waals surface area contributed by atoms with Gasteiger partial charge in [-0.1, -0.05) is 13.8 Å². The molecule has 0 radical (unpaired) electrons. The molecule has 0 heterocycles. The second-order valence-corrected chi connectivity index (χ2v) is 4.55. The van der Waals surface area contributed by atoms with Crippen molar-refractivity contribution in [1.82, 2.24) is 0 Å². The first-order valence-corrected chi connectivity index (χ1v) is 5.79. The summed E-state index contributed by atoms with van der Waals surface area (Å²) in [6.45, 7) is 6.58. The molecule has 0 aliphatic heterocycles. The molecule has 4 heteroatoms. The van der Waals surface area contributed by atoms with Gasteiger partial charge < -0.3 is 9.05 Å². The van der Waals surface area contributed by atoms with Crippen molar-refractivity contribution in [2.45, 2.75) is 27.2 Å². The fourth-order valence-corrected chi connectivity index (χ4v) is 1.94. The Kier molecular flexibility index (Phi) is 5.83. The lowest BCUT2D eigenvalue weighted by atomic mass is 10.5. The van der Waals surface area contributed by atoms with Gasteiger partial charge in [-0.25, -0.2) is 0 Å². The summed E-state index contributed by atoms with van der Waals surface area (Å²) >= 11 is 0. The van der Waals surface area contributed by atoms with E-state index in [-0.39, 0.29) is 0 Å². The van der Waals surface area contributed by atoms with E-state index in [0.29, 0.717) is 19.4 Å². The van der Waals surface area contributed by atoms with Gasteiger partial charge in [-0.15, -0.1) is 0 Å². The van der Waals surface area contributed by atoms with E-state index in [9.17, 15) is 4.57 Å². The normalized spacial score (nSPS) is 16.3. The van der Waals surface area contributed by atoms with Crippen LogP contribution >= 0.6 is 7.60 Å². The average Bonchev–Trinajstić information content (AvgIpc) is 2.02. The third-order valence-corrected chi connectivity index (χ3v) is 3.21. The molecule has 68 valence electrons. The summed E-state index contributed by atoms with van der Waals surface area (Å²) in [5.74, 6) is 0. The van der Waals surface area contributed by atoms with Crippen molar-refractivity contribution >= 4 is 7.60 Å². The van der Waals surface area contributed by atoms with Crippen molar-refractivity contribution in [1.29, 1.82) is 0 Å². The molecule has 0 bridgehead atoms. The van der Waals surface area contributed by atoms with Gasteiger partial charge in [-0.2, -0.15) is 0 Å². The summed E-state index contributed by atoms with van der Waals surface area (Å²) in [4.78, 5) is 0. The molecule has 0 aliphatic rings. The van der Waals surface area contributed by atoms with Crippen LogP contribution in [0, 0.1) is 0 Å². The van der Waals surface area contributed by atoms with E-state index < -0.39 is 7.60 Å². The van der Waals surface area contributed by atoms with Gasteiger partial charge >= 0.3 is 7.60 Å². The van der Waals surface area contributed by atoms with E-state index in [4.69, 9.17) is 9.05 Å². The Balaban J connectivity index is 3.79. The van der Waals surface area contributed by atoms with Gasteiger partial charge in [0.1, 0.15) is 0 Å². The van der Waals surface area contributed by atoms with Crippen LogP contribution in [0.3, 0.4) is 0 Å². The van der Waals surface area contributed by atoms with Crippen molar-refractivity contribution in [2.75, 3.05) is 19.4 Å². The van der Waals surface area contributed by atoms with Crippen LogP contribution in [0.25, 0.3) is 0 Å². The number of hydrogen-bond donors (Lipinski definition) is 0. The van der Waals surface area contributed by atoms with Crippen molar-refractivity contribution in [3.05, 3.63) is 0 Å². The minimum atomic E-state index is -2.72. The van der Waals surface area contributed by atoms with E-state index in [1.54, 1.807) is 0 Å². The van der Waals surface area contributed by atoms with E-state index in [1.165, 1.54) is 0 Å². The summed E-state index contributed by atoms with van der Waals surface area (Å²) in [7, 11) is -2.72. The highest BCUT2D eigenvalue weighted by atomic mass is 31.2. The van der Waals surface area contributed by atoms with Crippen molar-refractivity contribution < 1.29 is 13.6 Å². The van der Waals surface area contributed by atoms with Crippen LogP contribution in [0.4, 0.5) is 0 Å². The maximum atomic E-state index is 11.5. The van der Waals surface area contributed by atoms with Crippen LogP contribution in [0.2, 0.25) is 0 Å².